The molecule has 1 heterocycles. The van der Waals surface area contributed by atoms with Gasteiger partial charge in [-0.25, -0.2) is 0 Å². The maximum Gasteiger partial charge on any atom is 0.178 e. The Hall–Kier alpha value is -1.68. The molecule has 0 saturated carbocycles. The van der Waals surface area contributed by atoms with Crippen molar-refractivity contribution in [3.05, 3.63) is 45.7 Å². The molecule has 0 saturated heterocycles. The maximum atomic E-state index is 6.15. The van der Waals surface area contributed by atoms with Gasteiger partial charge in [-0.2, -0.15) is 0 Å². The fourth-order valence-electron chi connectivity index (χ4n) is 3.31. The number of hydrogen-bond donors (Lipinski definition) is 0. The molecule has 1 aromatic carbocycles. The molecule has 28 heavy (non-hydrogen) atoms. The second-order valence-electron chi connectivity index (χ2n) is 7.70. The third-order valence-corrected chi connectivity index (χ3v) is 5.74. The topological polar surface area (TPSA) is 31.6 Å². The van der Waals surface area contributed by atoms with Gasteiger partial charge < -0.3 is 13.9 Å². The molecule has 0 amide bonds. The summed E-state index contributed by atoms with van der Waals surface area (Å²) in [5, 5.41) is 1.03. The average Bonchev–Trinajstić information content (AvgIpc) is 3.09. The molecule has 0 aliphatic heterocycles. The molecule has 0 fully saturated rings. The average molecular weight is 449 g/mol. The number of benzene rings is 1. The van der Waals surface area contributed by atoms with Crippen molar-refractivity contribution in [3.8, 4) is 11.5 Å². The van der Waals surface area contributed by atoms with Crippen LogP contribution in [-0.2, 0) is 0 Å². The monoisotopic (exact) mass is 448 g/mol. The Morgan fingerprint density at radius 3 is 2.50 bits per heavy atom. The summed E-state index contributed by atoms with van der Waals surface area (Å²) in [5.74, 6) is 2.75. The summed E-state index contributed by atoms with van der Waals surface area (Å²) in [6.45, 7) is 8.78. The van der Waals surface area contributed by atoms with Gasteiger partial charge in [-0.15, -0.1) is 0 Å². The molecule has 3 nitrogen and oxygen atoms in total. The second kappa shape index (κ2) is 10.8. The molecular weight excluding hydrogens is 416 g/mol. The zero-order valence-electron chi connectivity index (χ0n) is 18.0. The minimum Gasteiger partial charge on any atom is -0.493 e. The van der Waals surface area contributed by atoms with Crippen molar-refractivity contribution >= 4 is 26.9 Å². The van der Waals surface area contributed by atoms with Gasteiger partial charge in [0, 0.05) is 11.3 Å². The second-order valence-corrected chi connectivity index (χ2v) is 8.49. The van der Waals surface area contributed by atoms with Crippen LogP contribution in [0.1, 0.15) is 71.5 Å². The Kier molecular flexibility index (Phi) is 8.68. The van der Waals surface area contributed by atoms with Crippen LogP contribution in [0.2, 0.25) is 0 Å². The van der Waals surface area contributed by atoms with Crippen LogP contribution in [-0.4, -0.2) is 14.2 Å². The third-order valence-electron chi connectivity index (χ3n) is 5.02. The Morgan fingerprint density at radius 2 is 1.86 bits per heavy atom. The van der Waals surface area contributed by atoms with Gasteiger partial charge in [0.1, 0.15) is 10.2 Å². The van der Waals surface area contributed by atoms with E-state index in [-0.39, 0.29) is 0 Å². The first-order valence-electron chi connectivity index (χ1n) is 10.00. The van der Waals surface area contributed by atoms with Crippen LogP contribution in [0, 0.1) is 0 Å². The Morgan fingerprint density at radius 1 is 1.11 bits per heavy atom. The van der Waals surface area contributed by atoms with Gasteiger partial charge >= 0.3 is 0 Å². The third kappa shape index (κ3) is 5.91. The number of furan rings is 1. The Labute approximate surface area is 177 Å². The van der Waals surface area contributed by atoms with E-state index in [0.717, 1.165) is 53.3 Å². The van der Waals surface area contributed by atoms with E-state index in [9.17, 15) is 0 Å². The number of ether oxygens (including phenoxy) is 2. The van der Waals surface area contributed by atoms with Crippen LogP contribution >= 0.6 is 15.9 Å². The maximum absolute atomic E-state index is 6.15. The van der Waals surface area contributed by atoms with Crippen molar-refractivity contribution in [2.75, 3.05) is 14.2 Å². The number of rotatable bonds is 10. The number of fused-ring (bicyclic) bond motifs is 1. The molecule has 2 aromatic rings. The molecule has 1 aromatic heterocycles. The summed E-state index contributed by atoms with van der Waals surface area (Å²) in [7, 11) is 3.28. The fourth-order valence-corrected chi connectivity index (χ4v) is 3.98. The minimum atomic E-state index is 0.371. The highest BCUT2D eigenvalue weighted by Gasteiger charge is 2.19. The predicted molar refractivity (Wildman–Crippen MR) is 122 cm³/mol. The summed E-state index contributed by atoms with van der Waals surface area (Å²) in [6, 6.07) is 4.09. The molecule has 154 valence electrons. The fraction of sp³-hybridized carbons (Fsp3) is 0.500. The van der Waals surface area contributed by atoms with Crippen molar-refractivity contribution < 1.29 is 13.9 Å². The van der Waals surface area contributed by atoms with E-state index < -0.39 is 0 Å². The summed E-state index contributed by atoms with van der Waals surface area (Å²) < 4.78 is 17.8. The quantitative estimate of drug-likeness (QED) is 0.271. The van der Waals surface area contributed by atoms with E-state index >= 15 is 0 Å². The standard InChI is InChI=1S/C24H33BrO3/c1-16(2)10-9-12-17(3)11-7-8-13-18(4)20-14-19-15-21(26-5)24(27-6)22(25)23(19)28-20/h10-11,14-15,18H,7-9,12-13H2,1-6H3/b17-11+. The van der Waals surface area contributed by atoms with Gasteiger partial charge in [-0.05, 0) is 80.9 Å². The SMILES string of the molecule is COc1cc2cc(C(C)CCC/C=C(\C)CCC=C(C)C)oc2c(Br)c1OC. The summed E-state index contributed by atoms with van der Waals surface area (Å²) >= 11 is 3.59. The first-order chi connectivity index (χ1) is 13.4. The minimum absolute atomic E-state index is 0.371. The molecule has 0 spiro atoms. The molecule has 1 atom stereocenters. The van der Waals surface area contributed by atoms with Crippen LogP contribution < -0.4 is 9.47 Å². The Balaban J connectivity index is 1.97. The molecule has 0 aliphatic carbocycles. The lowest BCUT2D eigenvalue weighted by Crippen LogP contribution is -1.91. The lowest BCUT2D eigenvalue weighted by Gasteiger charge is -2.09. The smallest absolute Gasteiger partial charge is 0.178 e. The van der Waals surface area contributed by atoms with Gasteiger partial charge in [0.25, 0.3) is 0 Å². The molecule has 0 aliphatic rings. The Bertz CT molecular complexity index is 841. The van der Waals surface area contributed by atoms with Crippen molar-refractivity contribution in [2.24, 2.45) is 0 Å². The zero-order chi connectivity index (χ0) is 20.7. The van der Waals surface area contributed by atoms with E-state index in [4.69, 9.17) is 13.9 Å². The van der Waals surface area contributed by atoms with Crippen LogP contribution in [0.15, 0.2) is 44.3 Å². The molecule has 2 rings (SSSR count). The number of allylic oxidation sites excluding steroid dienone is 4. The molecule has 1 unspecified atom stereocenters. The first-order valence-corrected chi connectivity index (χ1v) is 10.8. The number of hydrogen-bond acceptors (Lipinski definition) is 3. The lowest BCUT2D eigenvalue weighted by molar-refractivity contribution is 0.353. The summed E-state index contributed by atoms with van der Waals surface area (Å²) in [6.07, 6.45) is 10.4. The van der Waals surface area contributed by atoms with E-state index in [1.807, 2.05) is 6.07 Å². The number of methoxy groups -OCH3 is 2. The van der Waals surface area contributed by atoms with Crippen LogP contribution in [0.3, 0.4) is 0 Å². The number of halogens is 1. The highest BCUT2D eigenvalue weighted by atomic mass is 79.9. The predicted octanol–water partition coefficient (Wildman–Crippen LogP) is 8.18. The normalized spacial score (nSPS) is 12.9. The molecule has 4 heteroatoms. The van der Waals surface area contributed by atoms with Crippen LogP contribution in [0.5, 0.6) is 11.5 Å². The van der Waals surface area contributed by atoms with E-state index in [1.54, 1.807) is 14.2 Å². The molecule has 0 bridgehead atoms. The molecule has 0 N–H and O–H groups in total. The first kappa shape index (κ1) is 22.6. The van der Waals surface area contributed by atoms with Crippen LogP contribution in [0.4, 0.5) is 0 Å². The van der Waals surface area contributed by atoms with E-state index in [0.29, 0.717) is 17.4 Å². The highest BCUT2D eigenvalue weighted by Crippen LogP contribution is 2.43. The molecule has 0 radical (unpaired) electrons. The number of unbranched alkanes of at least 4 members (excludes halogenated alkanes) is 1. The van der Waals surface area contributed by atoms with Gasteiger partial charge in [0.15, 0.2) is 17.1 Å². The highest BCUT2D eigenvalue weighted by molar-refractivity contribution is 9.10. The van der Waals surface area contributed by atoms with Gasteiger partial charge in [0.05, 0.1) is 14.2 Å². The van der Waals surface area contributed by atoms with E-state index in [1.165, 1.54) is 11.1 Å². The van der Waals surface area contributed by atoms with Gasteiger partial charge in [0.2, 0.25) is 0 Å². The molecular formula is C24H33BrO3. The van der Waals surface area contributed by atoms with E-state index in [2.05, 4.69) is 61.8 Å². The zero-order valence-corrected chi connectivity index (χ0v) is 19.6. The van der Waals surface area contributed by atoms with Crippen molar-refractivity contribution in [3.63, 3.8) is 0 Å². The van der Waals surface area contributed by atoms with Crippen LogP contribution in [0.25, 0.3) is 11.0 Å². The van der Waals surface area contributed by atoms with Gasteiger partial charge in [-0.3, -0.25) is 0 Å². The summed E-state index contributed by atoms with van der Waals surface area (Å²) in [4.78, 5) is 0. The van der Waals surface area contributed by atoms with Crippen molar-refractivity contribution in [2.45, 2.75) is 65.7 Å². The largest absolute Gasteiger partial charge is 0.493 e. The summed E-state index contributed by atoms with van der Waals surface area (Å²) in [5.41, 5.74) is 3.70. The van der Waals surface area contributed by atoms with Crippen molar-refractivity contribution in [1.82, 2.24) is 0 Å². The van der Waals surface area contributed by atoms with Gasteiger partial charge in [-0.1, -0.05) is 30.2 Å². The van der Waals surface area contributed by atoms with Crippen molar-refractivity contribution in [1.29, 1.82) is 0 Å². The lowest BCUT2D eigenvalue weighted by atomic mass is 10.00.